The molecule has 1 atom stereocenters. The number of rotatable bonds is 2. The Morgan fingerprint density at radius 1 is 1.19 bits per heavy atom. The molecular formula is C11H8BrF2NS. The van der Waals surface area contributed by atoms with Crippen molar-refractivity contribution in [3.8, 4) is 0 Å². The third-order valence-corrected chi connectivity index (χ3v) is 3.97. The van der Waals surface area contributed by atoms with Gasteiger partial charge in [-0.15, -0.1) is 11.3 Å². The Morgan fingerprint density at radius 3 is 2.50 bits per heavy atom. The van der Waals surface area contributed by atoms with E-state index in [4.69, 9.17) is 5.73 Å². The summed E-state index contributed by atoms with van der Waals surface area (Å²) in [7, 11) is 0. The molecular weight excluding hydrogens is 296 g/mol. The highest BCUT2D eigenvalue weighted by Gasteiger charge is 2.13. The second-order valence-electron chi connectivity index (χ2n) is 3.32. The van der Waals surface area contributed by atoms with Crippen LogP contribution >= 0.6 is 27.3 Å². The van der Waals surface area contributed by atoms with Gasteiger partial charge in [0.2, 0.25) is 0 Å². The van der Waals surface area contributed by atoms with Gasteiger partial charge in [-0.3, -0.25) is 0 Å². The first-order valence-corrected chi connectivity index (χ1v) is 6.19. The second-order valence-corrected chi connectivity index (χ2v) is 5.18. The fourth-order valence-corrected chi connectivity index (χ4v) is 2.83. The number of hydrogen-bond acceptors (Lipinski definition) is 2. The molecule has 0 fully saturated rings. The van der Waals surface area contributed by atoms with Gasteiger partial charge in [-0.1, -0.05) is 6.07 Å². The molecule has 0 aliphatic rings. The van der Waals surface area contributed by atoms with Crippen LogP contribution in [0.1, 0.15) is 16.5 Å². The Kier molecular flexibility index (Phi) is 3.37. The molecule has 1 heterocycles. The summed E-state index contributed by atoms with van der Waals surface area (Å²) >= 11 is 4.79. The van der Waals surface area contributed by atoms with E-state index in [1.54, 1.807) is 0 Å². The third-order valence-electron chi connectivity index (χ3n) is 2.20. The summed E-state index contributed by atoms with van der Waals surface area (Å²) < 4.78 is 26.7. The van der Waals surface area contributed by atoms with Gasteiger partial charge in [0.25, 0.3) is 0 Å². The van der Waals surface area contributed by atoms with Crippen molar-refractivity contribution in [2.75, 3.05) is 0 Å². The Balaban J connectivity index is 2.33. The summed E-state index contributed by atoms with van der Waals surface area (Å²) in [6, 6.07) is 5.17. The largest absolute Gasteiger partial charge is 0.320 e. The molecule has 0 aliphatic carbocycles. The predicted octanol–water partition coefficient (Wildman–Crippen LogP) is 3.84. The van der Waals surface area contributed by atoms with Crippen molar-refractivity contribution in [3.05, 3.63) is 56.2 Å². The molecule has 0 spiro atoms. The van der Waals surface area contributed by atoms with E-state index < -0.39 is 17.7 Å². The Hall–Kier alpha value is -0.780. The van der Waals surface area contributed by atoms with Crippen molar-refractivity contribution < 1.29 is 8.78 Å². The molecule has 1 nitrogen and oxygen atoms in total. The molecule has 5 heteroatoms. The smallest absolute Gasteiger partial charge is 0.159 e. The van der Waals surface area contributed by atoms with Crippen molar-refractivity contribution in [2.24, 2.45) is 5.73 Å². The molecule has 16 heavy (non-hydrogen) atoms. The molecule has 1 aromatic heterocycles. The number of hydrogen-bond donors (Lipinski definition) is 1. The molecule has 2 rings (SSSR count). The Morgan fingerprint density at radius 2 is 1.94 bits per heavy atom. The zero-order chi connectivity index (χ0) is 11.7. The minimum atomic E-state index is -0.872. The standard InChI is InChI=1S/C11H8BrF2NS/c12-7-4-10(16-5-7)11(15)6-1-2-8(13)9(14)3-6/h1-5,11H,15H2. The lowest BCUT2D eigenvalue weighted by atomic mass is 10.1. The monoisotopic (exact) mass is 303 g/mol. The third kappa shape index (κ3) is 2.31. The highest BCUT2D eigenvalue weighted by Crippen LogP contribution is 2.28. The molecule has 84 valence electrons. The molecule has 2 N–H and O–H groups in total. The van der Waals surface area contributed by atoms with Gasteiger partial charge in [-0.05, 0) is 39.7 Å². The van der Waals surface area contributed by atoms with Gasteiger partial charge in [0.05, 0.1) is 6.04 Å². The fraction of sp³-hybridized carbons (Fsp3) is 0.0909. The minimum absolute atomic E-state index is 0.425. The normalized spacial score (nSPS) is 12.8. The zero-order valence-corrected chi connectivity index (χ0v) is 10.5. The molecule has 0 radical (unpaired) electrons. The fourth-order valence-electron chi connectivity index (χ4n) is 1.36. The van der Waals surface area contributed by atoms with Crippen molar-refractivity contribution in [1.29, 1.82) is 0 Å². The summed E-state index contributed by atoms with van der Waals surface area (Å²) in [5, 5.41) is 1.90. The molecule has 0 aliphatic heterocycles. The van der Waals surface area contributed by atoms with E-state index in [1.165, 1.54) is 17.4 Å². The topological polar surface area (TPSA) is 26.0 Å². The van der Waals surface area contributed by atoms with Crippen LogP contribution in [0.25, 0.3) is 0 Å². The zero-order valence-electron chi connectivity index (χ0n) is 8.08. The van der Waals surface area contributed by atoms with Gasteiger partial charge in [0.15, 0.2) is 11.6 Å². The van der Waals surface area contributed by atoms with Crippen LogP contribution < -0.4 is 5.73 Å². The van der Waals surface area contributed by atoms with Crippen LogP contribution in [0.4, 0.5) is 8.78 Å². The maximum Gasteiger partial charge on any atom is 0.159 e. The lowest BCUT2D eigenvalue weighted by Crippen LogP contribution is -2.10. The van der Waals surface area contributed by atoms with Crippen LogP contribution in [0.2, 0.25) is 0 Å². The van der Waals surface area contributed by atoms with Crippen LogP contribution in [0.5, 0.6) is 0 Å². The number of benzene rings is 1. The van der Waals surface area contributed by atoms with Gasteiger partial charge in [0, 0.05) is 14.7 Å². The van der Waals surface area contributed by atoms with Gasteiger partial charge in [0.1, 0.15) is 0 Å². The second kappa shape index (κ2) is 4.61. The first-order chi connectivity index (χ1) is 7.58. The van der Waals surface area contributed by atoms with Crippen LogP contribution in [0.3, 0.4) is 0 Å². The summed E-state index contributed by atoms with van der Waals surface area (Å²) in [4.78, 5) is 0.901. The molecule has 0 saturated heterocycles. The quantitative estimate of drug-likeness (QED) is 0.896. The summed E-state index contributed by atoms with van der Waals surface area (Å²) in [5.74, 6) is -1.73. The van der Waals surface area contributed by atoms with Gasteiger partial charge in [-0.25, -0.2) is 8.78 Å². The van der Waals surface area contributed by atoms with Crippen LogP contribution in [-0.2, 0) is 0 Å². The molecule has 0 saturated carbocycles. The number of halogens is 3. The lowest BCUT2D eigenvalue weighted by molar-refractivity contribution is 0.506. The lowest BCUT2D eigenvalue weighted by Gasteiger charge is -2.09. The van der Waals surface area contributed by atoms with Crippen LogP contribution in [-0.4, -0.2) is 0 Å². The average Bonchev–Trinajstić information content (AvgIpc) is 2.68. The van der Waals surface area contributed by atoms with E-state index in [-0.39, 0.29) is 0 Å². The van der Waals surface area contributed by atoms with Crippen molar-refractivity contribution in [2.45, 2.75) is 6.04 Å². The highest BCUT2D eigenvalue weighted by atomic mass is 79.9. The summed E-state index contributed by atoms with van der Waals surface area (Å²) in [5.41, 5.74) is 6.51. The number of thiophene rings is 1. The van der Waals surface area contributed by atoms with Crippen LogP contribution in [0.15, 0.2) is 34.1 Å². The molecule has 1 aromatic carbocycles. The maximum absolute atomic E-state index is 13.0. The molecule has 1 unspecified atom stereocenters. The van der Waals surface area contributed by atoms with E-state index >= 15 is 0 Å². The van der Waals surface area contributed by atoms with E-state index in [0.29, 0.717) is 5.56 Å². The number of nitrogens with two attached hydrogens (primary N) is 1. The summed E-state index contributed by atoms with van der Waals surface area (Å²) in [6.45, 7) is 0. The molecule has 0 bridgehead atoms. The minimum Gasteiger partial charge on any atom is -0.320 e. The predicted molar refractivity (Wildman–Crippen MR) is 64.4 cm³/mol. The first-order valence-electron chi connectivity index (χ1n) is 4.52. The Bertz CT molecular complexity index is 512. The Labute approximate surface area is 104 Å². The van der Waals surface area contributed by atoms with E-state index in [1.807, 2.05) is 11.4 Å². The van der Waals surface area contributed by atoms with Crippen molar-refractivity contribution in [1.82, 2.24) is 0 Å². The van der Waals surface area contributed by atoms with Crippen molar-refractivity contribution >= 4 is 27.3 Å². The van der Waals surface area contributed by atoms with Crippen LogP contribution in [0, 0.1) is 11.6 Å². The molecule has 0 amide bonds. The van der Waals surface area contributed by atoms with Gasteiger partial charge >= 0.3 is 0 Å². The molecule has 2 aromatic rings. The maximum atomic E-state index is 13.0. The highest BCUT2D eigenvalue weighted by molar-refractivity contribution is 9.10. The first kappa shape index (κ1) is 11.7. The van der Waals surface area contributed by atoms with Gasteiger partial charge < -0.3 is 5.73 Å². The van der Waals surface area contributed by atoms with E-state index in [2.05, 4.69) is 15.9 Å². The van der Waals surface area contributed by atoms with E-state index in [9.17, 15) is 8.78 Å². The van der Waals surface area contributed by atoms with Gasteiger partial charge in [-0.2, -0.15) is 0 Å². The SMILES string of the molecule is NC(c1ccc(F)c(F)c1)c1cc(Br)cs1. The summed E-state index contributed by atoms with van der Waals surface area (Å²) in [6.07, 6.45) is 0. The van der Waals surface area contributed by atoms with Crippen molar-refractivity contribution in [3.63, 3.8) is 0 Å². The van der Waals surface area contributed by atoms with E-state index in [0.717, 1.165) is 21.5 Å². The average molecular weight is 304 g/mol.